The van der Waals surface area contributed by atoms with Gasteiger partial charge in [-0.05, 0) is 56.2 Å². The van der Waals surface area contributed by atoms with Gasteiger partial charge >= 0.3 is 11.9 Å². The van der Waals surface area contributed by atoms with Gasteiger partial charge in [0.25, 0.3) is 5.91 Å². The highest BCUT2D eigenvalue weighted by atomic mass is 16.5. The Kier molecular flexibility index (Phi) is 6.20. The average molecular weight is 408 g/mol. The lowest BCUT2D eigenvalue weighted by Crippen LogP contribution is -2.30. The summed E-state index contributed by atoms with van der Waals surface area (Å²) < 4.78 is 10.3. The fourth-order valence-corrected chi connectivity index (χ4v) is 3.25. The monoisotopic (exact) mass is 408 g/mol. The van der Waals surface area contributed by atoms with Crippen LogP contribution < -0.4 is 5.32 Å². The van der Waals surface area contributed by atoms with Crippen LogP contribution in [0, 0.1) is 13.8 Å². The zero-order valence-corrected chi connectivity index (χ0v) is 17.4. The van der Waals surface area contributed by atoms with Crippen molar-refractivity contribution in [3.63, 3.8) is 0 Å². The molecule has 0 aliphatic carbocycles. The van der Waals surface area contributed by atoms with Gasteiger partial charge in [-0.25, -0.2) is 9.59 Å². The van der Waals surface area contributed by atoms with Crippen molar-refractivity contribution in [3.8, 4) is 0 Å². The first-order valence-corrected chi connectivity index (χ1v) is 9.68. The summed E-state index contributed by atoms with van der Waals surface area (Å²) in [7, 11) is 0. The van der Waals surface area contributed by atoms with Crippen LogP contribution in [-0.4, -0.2) is 35.5 Å². The second kappa shape index (κ2) is 8.82. The summed E-state index contributed by atoms with van der Waals surface area (Å²) in [5, 5.41) is 4.81. The lowest BCUT2D eigenvalue weighted by Gasteiger charge is -2.14. The molecule has 1 heterocycles. The number of H-pyrrole nitrogens is 1. The smallest absolute Gasteiger partial charge is 0.355 e. The number of ether oxygens (including phenoxy) is 2. The van der Waals surface area contributed by atoms with Crippen LogP contribution in [0.2, 0.25) is 0 Å². The van der Waals surface area contributed by atoms with E-state index in [0.717, 1.165) is 10.8 Å². The maximum absolute atomic E-state index is 12.6. The molecule has 7 heteroatoms. The number of aromatic nitrogens is 1. The number of aromatic amines is 1. The standard InChI is InChI=1S/C23H24N2O5/c1-5-29-22(27)19-13(2)20(24-14(19)3)23(28)30-15(4)21(26)25-18-11-10-16-8-6-7-9-17(16)12-18/h6-12,15,24H,5H2,1-4H3,(H,25,26)/t15-/m1/s1. The number of aryl methyl sites for hydroxylation is 1. The maximum Gasteiger partial charge on any atom is 0.355 e. The van der Waals surface area contributed by atoms with E-state index in [1.165, 1.54) is 6.92 Å². The molecule has 0 aliphatic rings. The van der Waals surface area contributed by atoms with Gasteiger partial charge in [-0.15, -0.1) is 0 Å². The highest BCUT2D eigenvalue weighted by Crippen LogP contribution is 2.21. The third-order valence-electron chi connectivity index (χ3n) is 4.79. The molecular weight excluding hydrogens is 384 g/mol. The number of esters is 2. The highest BCUT2D eigenvalue weighted by molar-refractivity contribution is 6.01. The molecule has 0 saturated carbocycles. The van der Waals surface area contributed by atoms with E-state index >= 15 is 0 Å². The van der Waals surface area contributed by atoms with Gasteiger partial charge in [0, 0.05) is 11.4 Å². The number of carbonyl (C=O) groups is 3. The van der Waals surface area contributed by atoms with Gasteiger partial charge < -0.3 is 19.8 Å². The van der Waals surface area contributed by atoms with Gasteiger partial charge in [0.05, 0.1) is 12.2 Å². The van der Waals surface area contributed by atoms with Crippen LogP contribution in [0.15, 0.2) is 42.5 Å². The quantitative estimate of drug-likeness (QED) is 0.597. The Morgan fingerprint density at radius 1 is 1.03 bits per heavy atom. The largest absolute Gasteiger partial charge is 0.462 e. The number of benzene rings is 2. The van der Waals surface area contributed by atoms with Crippen LogP contribution in [0.5, 0.6) is 0 Å². The predicted octanol–water partition coefficient (Wildman–Crippen LogP) is 4.15. The number of carbonyl (C=O) groups excluding carboxylic acids is 3. The van der Waals surface area contributed by atoms with Gasteiger partial charge in [0.2, 0.25) is 0 Å². The highest BCUT2D eigenvalue weighted by Gasteiger charge is 2.26. The Morgan fingerprint density at radius 3 is 2.43 bits per heavy atom. The van der Waals surface area contributed by atoms with Crippen molar-refractivity contribution in [1.29, 1.82) is 0 Å². The molecule has 1 amide bonds. The molecule has 156 valence electrons. The van der Waals surface area contributed by atoms with E-state index in [1.54, 1.807) is 26.8 Å². The minimum absolute atomic E-state index is 0.126. The lowest BCUT2D eigenvalue weighted by atomic mass is 10.1. The summed E-state index contributed by atoms with van der Waals surface area (Å²) in [4.78, 5) is 40.0. The molecule has 3 rings (SSSR count). The molecule has 2 N–H and O–H groups in total. The minimum atomic E-state index is -1.03. The Morgan fingerprint density at radius 2 is 1.73 bits per heavy atom. The van der Waals surface area contributed by atoms with Gasteiger partial charge in [-0.3, -0.25) is 4.79 Å². The molecule has 1 atom stereocenters. The first-order chi connectivity index (χ1) is 14.3. The summed E-state index contributed by atoms with van der Waals surface area (Å²) in [5.74, 6) is -1.68. The van der Waals surface area contributed by atoms with Gasteiger partial charge in [0.15, 0.2) is 6.10 Å². The van der Waals surface area contributed by atoms with Crippen molar-refractivity contribution in [2.45, 2.75) is 33.8 Å². The zero-order chi connectivity index (χ0) is 21.8. The third-order valence-corrected chi connectivity index (χ3v) is 4.79. The summed E-state index contributed by atoms with van der Waals surface area (Å²) in [6.45, 7) is 6.73. The summed E-state index contributed by atoms with van der Waals surface area (Å²) >= 11 is 0. The molecule has 0 spiro atoms. The van der Waals surface area contributed by atoms with Crippen LogP contribution >= 0.6 is 0 Å². The van der Waals surface area contributed by atoms with E-state index < -0.39 is 23.9 Å². The molecule has 2 aromatic carbocycles. The van der Waals surface area contributed by atoms with Crippen molar-refractivity contribution >= 4 is 34.3 Å². The van der Waals surface area contributed by atoms with Crippen LogP contribution in [0.3, 0.4) is 0 Å². The molecule has 7 nitrogen and oxygen atoms in total. The number of nitrogens with one attached hydrogen (secondary N) is 2. The molecule has 0 unspecified atom stereocenters. The number of amides is 1. The molecule has 0 fully saturated rings. The normalized spacial score (nSPS) is 11.7. The Labute approximate surface area is 174 Å². The summed E-state index contributed by atoms with van der Waals surface area (Å²) in [5.41, 5.74) is 1.97. The van der Waals surface area contributed by atoms with Crippen molar-refractivity contribution in [2.75, 3.05) is 11.9 Å². The Bertz CT molecular complexity index is 1120. The van der Waals surface area contributed by atoms with Crippen LogP contribution in [0.4, 0.5) is 5.69 Å². The molecular formula is C23H24N2O5. The fourth-order valence-electron chi connectivity index (χ4n) is 3.25. The predicted molar refractivity (Wildman–Crippen MR) is 114 cm³/mol. The molecule has 0 radical (unpaired) electrons. The maximum atomic E-state index is 12.6. The molecule has 0 saturated heterocycles. The van der Waals surface area contributed by atoms with Gasteiger partial charge in [0.1, 0.15) is 5.69 Å². The number of hydrogen-bond donors (Lipinski definition) is 2. The van der Waals surface area contributed by atoms with E-state index in [4.69, 9.17) is 9.47 Å². The molecule has 0 aliphatic heterocycles. The van der Waals surface area contributed by atoms with E-state index in [0.29, 0.717) is 22.5 Å². The Balaban J connectivity index is 1.69. The third kappa shape index (κ3) is 4.35. The summed E-state index contributed by atoms with van der Waals surface area (Å²) in [6.07, 6.45) is -1.03. The van der Waals surface area contributed by atoms with Crippen molar-refractivity contribution < 1.29 is 23.9 Å². The average Bonchev–Trinajstić information content (AvgIpc) is 3.02. The summed E-state index contributed by atoms with van der Waals surface area (Å²) in [6, 6.07) is 13.3. The van der Waals surface area contributed by atoms with Gasteiger partial charge in [-0.2, -0.15) is 0 Å². The van der Waals surface area contributed by atoms with Crippen LogP contribution in [-0.2, 0) is 14.3 Å². The first-order valence-electron chi connectivity index (χ1n) is 9.68. The van der Waals surface area contributed by atoms with E-state index in [-0.39, 0.29) is 12.3 Å². The topological polar surface area (TPSA) is 97.5 Å². The van der Waals surface area contributed by atoms with Crippen molar-refractivity contribution in [2.24, 2.45) is 0 Å². The fraction of sp³-hybridized carbons (Fsp3) is 0.261. The van der Waals surface area contributed by atoms with Crippen LogP contribution in [0.1, 0.15) is 46.0 Å². The SMILES string of the molecule is CCOC(=O)c1c(C)[nH]c(C(=O)O[C@H](C)C(=O)Nc2ccc3ccccc3c2)c1C. The van der Waals surface area contributed by atoms with Crippen molar-refractivity contribution in [1.82, 2.24) is 4.98 Å². The number of anilines is 1. The lowest BCUT2D eigenvalue weighted by molar-refractivity contribution is -0.123. The van der Waals surface area contributed by atoms with Crippen molar-refractivity contribution in [3.05, 3.63) is 65.0 Å². The van der Waals surface area contributed by atoms with E-state index in [9.17, 15) is 14.4 Å². The number of hydrogen-bond acceptors (Lipinski definition) is 5. The molecule has 30 heavy (non-hydrogen) atoms. The van der Waals surface area contributed by atoms with Crippen LogP contribution in [0.25, 0.3) is 10.8 Å². The first kappa shape index (κ1) is 21.1. The van der Waals surface area contributed by atoms with Gasteiger partial charge in [-0.1, -0.05) is 30.3 Å². The number of fused-ring (bicyclic) bond motifs is 1. The van der Waals surface area contributed by atoms with E-state index in [2.05, 4.69) is 10.3 Å². The number of rotatable bonds is 6. The minimum Gasteiger partial charge on any atom is -0.462 e. The second-order valence-corrected chi connectivity index (χ2v) is 6.94. The molecule has 3 aromatic rings. The second-order valence-electron chi connectivity index (χ2n) is 6.94. The molecule has 0 bridgehead atoms. The molecule has 1 aromatic heterocycles. The Hall–Kier alpha value is -3.61. The van der Waals surface area contributed by atoms with E-state index in [1.807, 2.05) is 36.4 Å². The zero-order valence-electron chi connectivity index (χ0n) is 17.4.